The molecule has 4 aromatic rings. The van der Waals surface area contributed by atoms with Gasteiger partial charge in [-0.05, 0) is 62.4 Å². The number of nitrogens with one attached hydrogen (secondary N) is 1. The molecule has 0 atom stereocenters. The summed E-state index contributed by atoms with van der Waals surface area (Å²) in [5.41, 5.74) is 4.32. The van der Waals surface area contributed by atoms with Crippen LogP contribution in [0.15, 0.2) is 82.6 Å². The maximum absolute atomic E-state index is 13.5. The van der Waals surface area contributed by atoms with E-state index in [1.54, 1.807) is 14.0 Å². The van der Waals surface area contributed by atoms with Crippen molar-refractivity contribution in [1.29, 1.82) is 0 Å². The number of rotatable bonds is 6. The lowest BCUT2D eigenvalue weighted by Gasteiger charge is -2.05. The van der Waals surface area contributed by atoms with Crippen LogP contribution < -0.4 is 10.3 Å². The van der Waals surface area contributed by atoms with Crippen molar-refractivity contribution in [1.82, 2.24) is 9.78 Å². The summed E-state index contributed by atoms with van der Waals surface area (Å²) in [7, 11) is 1.59. The Morgan fingerprint density at radius 3 is 2.21 bits per heavy atom. The van der Waals surface area contributed by atoms with E-state index in [0.29, 0.717) is 28.4 Å². The van der Waals surface area contributed by atoms with Gasteiger partial charge in [0.25, 0.3) is 11.2 Å². The third-order valence-corrected chi connectivity index (χ3v) is 5.28. The van der Waals surface area contributed by atoms with Crippen LogP contribution in [0.4, 0.5) is 11.4 Å². The van der Waals surface area contributed by atoms with Crippen molar-refractivity contribution >= 4 is 17.1 Å². The predicted octanol–water partition coefficient (Wildman–Crippen LogP) is 5.20. The number of aryl methyl sites for hydroxylation is 1. The molecule has 33 heavy (non-hydrogen) atoms. The fourth-order valence-electron chi connectivity index (χ4n) is 3.51. The first-order chi connectivity index (χ1) is 15.9. The van der Waals surface area contributed by atoms with E-state index in [0.717, 1.165) is 16.8 Å². The Morgan fingerprint density at radius 1 is 1.00 bits per heavy atom. The van der Waals surface area contributed by atoms with E-state index < -0.39 is 4.92 Å². The molecule has 0 radical (unpaired) electrons. The number of hydrogen-bond donors (Lipinski definition) is 1. The molecule has 0 aliphatic carbocycles. The quantitative estimate of drug-likeness (QED) is 0.252. The summed E-state index contributed by atoms with van der Waals surface area (Å²) in [6.45, 7) is 3.79. The number of aliphatic imine (C=N–C) groups is 1. The van der Waals surface area contributed by atoms with Crippen LogP contribution in [0.5, 0.6) is 5.75 Å². The van der Waals surface area contributed by atoms with Crippen molar-refractivity contribution in [2.75, 3.05) is 7.11 Å². The van der Waals surface area contributed by atoms with E-state index in [1.807, 2.05) is 55.5 Å². The van der Waals surface area contributed by atoms with Crippen LogP contribution in [0, 0.1) is 17.0 Å². The maximum Gasteiger partial charge on any atom is 0.280 e. The smallest absolute Gasteiger partial charge is 0.280 e. The fraction of sp³-hybridized carbons (Fsp3) is 0.120. The van der Waals surface area contributed by atoms with Crippen LogP contribution in [-0.4, -0.2) is 27.5 Å². The number of methoxy groups -OCH3 is 1. The highest BCUT2D eigenvalue weighted by molar-refractivity contribution is 6.04. The van der Waals surface area contributed by atoms with Gasteiger partial charge in [-0.3, -0.25) is 25.0 Å². The van der Waals surface area contributed by atoms with Crippen LogP contribution in [0.3, 0.4) is 0 Å². The van der Waals surface area contributed by atoms with Gasteiger partial charge >= 0.3 is 0 Å². The second kappa shape index (κ2) is 8.96. The molecular weight excluding hydrogens is 420 g/mol. The molecule has 1 aromatic heterocycles. The first-order valence-electron chi connectivity index (χ1n) is 10.2. The molecule has 0 saturated carbocycles. The maximum atomic E-state index is 13.5. The zero-order valence-corrected chi connectivity index (χ0v) is 18.4. The number of nitro groups is 1. The van der Waals surface area contributed by atoms with Gasteiger partial charge in [-0.25, -0.2) is 4.68 Å². The van der Waals surface area contributed by atoms with Gasteiger partial charge in [-0.1, -0.05) is 17.7 Å². The van der Waals surface area contributed by atoms with Gasteiger partial charge in [0.2, 0.25) is 0 Å². The Bertz CT molecular complexity index is 1380. The molecule has 8 nitrogen and oxygen atoms in total. The van der Waals surface area contributed by atoms with Crippen LogP contribution >= 0.6 is 0 Å². The van der Waals surface area contributed by atoms with Gasteiger partial charge in [-0.2, -0.15) is 0 Å². The molecule has 8 heteroatoms. The van der Waals surface area contributed by atoms with Gasteiger partial charge < -0.3 is 4.74 Å². The Kier molecular flexibility index (Phi) is 5.91. The molecule has 0 fully saturated rings. The van der Waals surface area contributed by atoms with Crippen molar-refractivity contribution in [2.45, 2.75) is 13.8 Å². The Morgan fingerprint density at radius 2 is 1.64 bits per heavy atom. The summed E-state index contributed by atoms with van der Waals surface area (Å²) in [5, 5.41) is 14.2. The van der Waals surface area contributed by atoms with Crippen LogP contribution in [0.2, 0.25) is 0 Å². The molecule has 166 valence electrons. The molecule has 0 unspecified atom stereocenters. The highest BCUT2D eigenvalue weighted by Gasteiger charge is 2.20. The van der Waals surface area contributed by atoms with E-state index in [2.05, 4.69) is 10.1 Å². The summed E-state index contributed by atoms with van der Waals surface area (Å²) in [6.07, 6.45) is 0. The van der Waals surface area contributed by atoms with Crippen molar-refractivity contribution in [3.05, 3.63) is 104 Å². The number of benzene rings is 3. The van der Waals surface area contributed by atoms with Crippen molar-refractivity contribution < 1.29 is 9.66 Å². The highest BCUT2D eigenvalue weighted by Crippen LogP contribution is 2.26. The van der Waals surface area contributed by atoms with Crippen molar-refractivity contribution in [3.8, 4) is 22.7 Å². The molecular formula is C25H22N4O4. The van der Waals surface area contributed by atoms with E-state index in [9.17, 15) is 14.9 Å². The number of nitrogens with zero attached hydrogens (tertiary/aromatic N) is 3. The number of non-ortho nitro benzene ring substituents is 1. The number of H-pyrrole nitrogens is 1. The van der Waals surface area contributed by atoms with Crippen LogP contribution in [0.1, 0.15) is 18.1 Å². The molecule has 0 amide bonds. The van der Waals surface area contributed by atoms with E-state index in [1.165, 1.54) is 28.9 Å². The van der Waals surface area contributed by atoms with E-state index in [-0.39, 0.29) is 11.2 Å². The van der Waals surface area contributed by atoms with Crippen LogP contribution in [0.25, 0.3) is 16.9 Å². The molecule has 0 aliphatic rings. The number of aromatic nitrogens is 2. The summed E-state index contributed by atoms with van der Waals surface area (Å²) >= 11 is 0. The van der Waals surface area contributed by atoms with Gasteiger partial charge in [0.15, 0.2) is 0 Å². The van der Waals surface area contributed by atoms with Gasteiger partial charge in [0.05, 0.1) is 40.4 Å². The minimum absolute atomic E-state index is 0.0499. The highest BCUT2D eigenvalue weighted by atomic mass is 16.6. The zero-order valence-electron chi connectivity index (χ0n) is 18.4. The van der Waals surface area contributed by atoms with Crippen molar-refractivity contribution in [2.24, 2.45) is 4.99 Å². The SMILES string of the molecule is COc1ccc(-c2[nH]n(-c3ccc([N+](=O)[O-])cc3)c(=O)c2C(C)=Nc2ccc(C)cc2)cc1. The zero-order chi connectivity index (χ0) is 23.5. The Balaban J connectivity index is 1.88. The monoisotopic (exact) mass is 442 g/mol. The van der Waals surface area contributed by atoms with Crippen LogP contribution in [-0.2, 0) is 0 Å². The summed E-state index contributed by atoms with van der Waals surface area (Å²) in [6, 6.07) is 20.8. The van der Waals surface area contributed by atoms with E-state index in [4.69, 9.17) is 4.74 Å². The number of aromatic amines is 1. The largest absolute Gasteiger partial charge is 0.497 e. The minimum Gasteiger partial charge on any atom is -0.497 e. The Labute approximate surface area is 189 Å². The lowest BCUT2D eigenvalue weighted by Crippen LogP contribution is -2.19. The first kappa shape index (κ1) is 21.8. The fourth-order valence-corrected chi connectivity index (χ4v) is 3.51. The van der Waals surface area contributed by atoms with Gasteiger partial charge in [0.1, 0.15) is 5.75 Å². The normalized spacial score (nSPS) is 11.4. The topological polar surface area (TPSA) is 103 Å². The Hall–Kier alpha value is -4.46. The number of hydrogen-bond acceptors (Lipinski definition) is 5. The summed E-state index contributed by atoms with van der Waals surface area (Å²) in [5.74, 6) is 0.697. The minimum atomic E-state index is -0.478. The third-order valence-electron chi connectivity index (χ3n) is 5.28. The first-order valence-corrected chi connectivity index (χ1v) is 10.2. The summed E-state index contributed by atoms with van der Waals surface area (Å²) < 4.78 is 6.61. The predicted molar refractivity (Wildman–Crippen MR) is 128 cm³/mol. The molecule has 0 aliphatic heterocycles. The van der Waals surface area contributed by atoms with Gasteiger partial charge in [-0.15, -0.1) is 0 Å². The molecule has 0 bridgehead atoms. The lowest BCUT2D eigenvalue weighted by atomic mass is 10.0. The molecule has 1 N–H and O–H groups in total. The van der Waals surface area contributed by atoms with Crippen molar-refractivity contribution in [3.63, 3.8) is 0 Å². The standard InChI is InChI=1S/C25H22N4O4/c1-16-4-8-19(9-5-16)26-17(2)23-24(18-6-14-22(33-3)15-7-18)27-28(25(23)30)20-10-12-21(13-11-20)29(31)32/h4-15,27H,1-3H3. The van der Waals surface area contributed by atoms with E-state index >= 15 is 0 Å². The second-order valence-electron chi connectivity index (χ2n) is 7.54. The molecule has 4 rings (SSSR count). The molecule has 0 saturated heterocycles. The summed E-state index contributed by atoms with van der Waals surface area (Å²) in [4.78, 5) is 28.7. The molecule has 3 aromatic carbocycles. The van der Waals surface area contributed by atoms with Gasteiger partial charge in [0, 0.05) is 17.7 Å². The lowest BCUT2D eigenvalue weighted by molar-refractivity contribution is -0.384. The number of nitro benzene ring substituents is 1. The third kappa shape index (κ3) is 4.45. The average molecular weight is 442 g/mol. The second-order valence-corrected chi connectivity index (χ2v) is 7.54. The number of ether oxygens (including phenoxy) is 1. The average Bonchev–Trinajstić information content (AvgIpc) is 3.17. The molecule has 1 heterocycles. The molecule has 0 spiro atoms.